The van der Waals surface area contributed by atoms with Gasteiger partial charge >= 0.3 is 0 Å². The standard InChI is InChI=1S/C24H28N4O3/c1-17(29)18-6-10-20(11-7-18)28-14-12-27(13-15-28)16-23(30)26-22-5-3-2-4-21(22)24(31)25-19-8-9-19/h2-7,10-11,19H,8-9,12-16H2,1H3,(H,25,31)(H,26,30). The molecule has 1 heterocycles. The Labute approximate surface area is 182 Å². The van der Waals surface area contributed by atoms with Crippen LogP contribution >= 0.6 is 0 Å². The summed E-state index contributed by atoms with van der Waals surface area (Å²) in [6, 6.07) is 15.1. The van der Waals surface area contributed by atoms with Gasteiger partial charge < -0.3 is 15.5 Å². The van der Waals surface area contributed by atoms with E-state index in [1.807, 2.05) is 30.3 Å². The van der Waals surface area contributed by atoms with Crippen molar-refractivity contribution in [3.8, 4) is 0 Å². The predicted molar refractivity (Wildman–Crippen MR) is 121 cm³/mol. The molecular formula is C24H28N4O3. The van der Waals surface area contributed by atoms with Gasteiger partial charge in [-0.15, -0.1) is 0 Å². The van der Waals surface area contributed by atoms with Crippen LogP contribution in [0.5, 0.6) is 0 Å². The van der Waals surface area contributed by atoms with E-state index in [0.717, 1.165) is 44.7 Å². The van der Waals surface area contributed by atoms with E-state index in [1.165, 1.54) is 0 Å². The highest BCUT2D eigenvalue weighted by molar-refractivity contribution is 6.04. The van der Waals surface area contributed by atoms with Crippen LogP contribution in [-0.2, 0) is 4.79 Å². The van der Waals surface area contributed by atoms with Crippen molar-refractivity contribution in [1.82, 2.24) is 10.2 Å². The Morgan fingerprint density at radius 1 is 0.935 bits per heavy atom. The van der Waals surface area contributed by atoms with Crippen molar-refractivity contribution in [2.45, 2.75) is 25.8 Å². The number of amides is 2. The van der Waals surface area contributed by atoms with Crippen LogP contribution in [0.4, 0.5) is 11.4 Å². The molecule has 4 rings (SSSR count). The van der Waals surface area contributed by atoms with E-state index in [4.69, 9.17) is 0 Å². The van der Waals surface area contributed by atoms with Crippen molar-refractivity contribution >= 4 is 29.0 Å². The summed E-state index contributed by atoms with van der Waals surface area (Å²) in [4.78, 5) is 40.8. The van der Waals surface area contributed by atoms with Crippen LogP contribution in [-0.4, -0.2) is 61.3 Å². The number of anilines is 2. The average molecular weight is 421 g/mol. The van der Waals surface area contributed by atoms with E-state index in [9.17, 15) is 14.4 Å². The Kier molecular flexibility index (Phi) is 6.32. The highest BCUT2D eigenvalue weighted by atomic mass is 16.2. The number of hydrogen-bond donors (Lipinski definition) is 2. The minimum atomic E-state index is -0.136. The number of piperazine rings is 1. The number of benzene rings is 2. The van der Waals surface area contributed by atoms with Gasteiger partial charge in [0, 0.05) is 43.5 Å². The first kappa shape index (κ1) is 21.1. The molecule has 0 atom stereocenters. The minimum Gasteiger partial charge on any atom is -0.369 e. The molecule has 1 saturated heterocycles. The first-order chi connectivity index (χ1) is 15.0. The van der Waals surface area contributed by atoms with Crippen LogP contribution in [0.25, 0.3) is 0 Å². The lowest BCUT2D eigenvalue weighted by Crippen LogP contribution is -2.48. The molecule has 2 aromatic carbocycles. The number of para-hydroxylation sites is 1. The molecule has 2 amide bonds. The molecule has 0 aromatic heterocycles. The van der Waals surface area contributed by atoms with Gasteiger partial charge in [-0.3, -0.25) is 19.3 Å². The summed E-state index contributed by atoms with van der Waals surface area (Å²) in [5, 5.41) is 5.88. The number of Topliss-reactive ketones (excluding diaryl/α,β-unsaturated/α-hetero) is 1. The maximum atomic E-state index is 12.6. The molecule has 1 aliphatic heterocycles. The monoisotopic (exact) mass is 420 g/mol. The van der Waals surface area contributed by atoms with Gasteiger partial charge in [-0.2, -0.15) is 0 Å². The quantitative estimate of drug-likeness (QED) is 0.673. The summed E-state index contributed by atoms with van der Waals surface area (Å²) in [5.41, 5.74) is 2.85. The van der Waals surface area contributed by atoms with Crippen molar-refractivity contribution in [2.75, 3.05) is 42.9 Å². The summed E-state index contributed by atoms with van der Waals surface area (Å²) in [7, 11) is 0. The van der Waals surface area contributed by atoms with Crippen LogP contribution in [0.2, 0.25) is 0 Å². The molecule has 7 heteroatoms. The summed E-state index contributed by atoms with van der Waals surface area (Å²) in [6.07, 6.45) is 2.04. The lowest BCUT2D eigenvalue weighted by Gasteiger charge is -2.35. The zero-order valence-corrected chi connectivity index (χ0v) is 17.8. The first-order valence-electron chi connectivity index (χ1n) is 10.8. The number of ketones is 1. The second-order valence-corrected chi connectivity index (χ2v) is 8.21. The van der Waals surface area contributed by atoms with Crippen molar-refractivity contribution in [3.05, 3.63) is 59.7 Å². The summed E-state index contributed by atoms with van der Waals surface area (Å²) >= 11 is 0. The van der Waals surface area contributed by atoms with Gasteiger partial charge in [-0.25, -0.2) is 0 Å². The highest BCUT2D eigenvalue weighted by Crippen LogP contribution is 2.22. The minimum absolute atomic E-state index is 0.0639. The Bertz CT molecular complexity index is 961. The molecule has 1 saturated carbocycles. The lowest BCUT2D eigenvalue weighted by atomic mass is 10.1. The predicted octanol–water partition coefficient (Wildman–Crippen LogP) is 2.54. The van der Waals surface area contributed by atoms with Crippen molar-refractivity contribution in [2.24, 2.45) is 0 Å². The highest BCUT2D eigenvalue weighted by Gasteiger charge is 2.25. The molecule has 31 heavy (non-hydrogen) atoms. The third-order valence-electron chi connectivity index (χ3n) is 5.74. The fourth-order valence-electron chi connectivity index (χ4n) is 3.74. The van der Waals surface area contributed by atoms with E-state index in [0.29, 0.717) is 16.8 Å². The molecule has 2 aliphatic rings. The molecular weight excluding hydrogens is 392 g/mol. The maximum absolute atomic E-state index is 12.6. The molecule has 0 radical (unpaired) electrons. The molecule has 0 spiro atoms. The number of nitrogens with one attached hydrogen (secondary N) is 2. The molecule has 1 aliphatic carbocycles. The number of hydrogen-bond acceptors (Lipinski definition) is 5. The second kappa shape index (κ2) is 9.31. The Balaban J connectivity index is 1.28. The van der Waals surface area contributed by atoms with Gasteiger partial charge in [0.25, 0.3) is 5.91 Å². The van der Waals surface area contributed by atoms with Crippen molar-refractivity contribution in [3.63, 3.8) is 0 Å². The van der Waals surface area contributed by atoms with Crippen LogP contribution in [0.15, 0.2) is 48.5 Å². The summed E-state index contributed by atoms with van der Waals surface area (Å²) < 4.78 is 0. The van der Waals surface area contributed by atoms with Gasteiger partial charge in [0.1, 0.15) is 0 Å². The van der Waals surface area contributed by atoms with E-state index in [1.54, 1.807) is 25.1 Å². The Morgan fingerprint density at radius 2 is 1.61 bits per heavy atom. The van der Waals surface area contributed by atoms with Gasteiger partial charge in [-0.1, -0.05) is 12.1 Å². The Hall–Kier alpha value is -3.19. The van der Waals surface area contributed by atoms with E-state index >= 15 is 0 Å². The summed E-state index contributed by atoms with van der Waals surface area (Å²) in [5.74, 6) is -0.192. The first-order valence-corrected chi connectivity index (χ1v) is 10.8. The SMILES string of the molecule is CC(=O)c1ccc(N2CCN(CC(=O)Nc3ccccc3C(=O)NC3CC3)CC2)cc1. The smallest absolute Gasteiger partial charge is 0.253 e. The molecule has 7 nitrogen and oxygen atoms in total. The van der Waals surface area contributed by atoms with Crippen LogP contribution in [0.1, 0.15) is 40.5 Å². The van der Waals surface area contributed by atoms with E-state index < -0.39 is 0 Å². The maximum Gasteiger partial charge on any atom is 0.253 e. The van der Waals surface area contributed by atoms with Crippen LogP contribution < -0.4 is 15.5 Å². The normalized spacial score (nSPS) is 16.6. The summed E-state index contributed by atoms with van der Waals surface area (Å²) in [6.45, 7) is 5.02. The zero-order chi connectivity index (χ0) is 21.8. The van der Waals surface area contributed by atoms with E-state index in [2.05, 4.69) is 20.4 Å². The van der Waals surface area contributed by atoms with Crippen molar-refractivity contribution in [1.29, 1.82) is 0 Å². The molecule has 162 valence electrons. The van der Waals surface area contributed by atoms with Gasteiger partial charge in [0.2, 0.25) is 5.91 Å². The number of carbonyl (C=O) groups excluding carboxylic acids is 3. The van der Waals surface area contributed by atoms with Crippen LogP contribution in [0, 0.1) is 0 Å². The van der Waals surface area contributed by atoms with Gasteiger partial charge in [-0.05, 0) is 56.2 Å². The number of nitrogens with zero attached hydrogens (tertiary/aromatic N) is 2. The second-order valence-electron chi connectivity index (χ2n) is 8.21. The van der Waals surface area contributed by atoms with Crippen molar-refractivity contribution < 1.29 is 14.4 Å². The number of rotatable bonds is 7. The van der Waals surface area contributed by atoms with E-state index in [-0.39, 0.29) is 30.2 Å². The molecule has 2 aromatic rings. The third kappa shape index (κ3) is 5.49. The fourth-order valence-corrected chi connectivity index (χ4v) is 3.74. The number of carbonyl (C=O) groups is 3. The molecule has 2 fully saturated rings. The zero-order valence-electron chi connectivity index (χ0n) is 17.8. The van der Waals surface area contributed by atoms with Gasteiger partial charge in [0.15, 0.2) is 5.78 Å². The molecule has 2 N–H and O–H groups in total. The lowest BCUT2D eigenvalue weighted by molar-refractivity contribution is -0.117. The molecule has 0 unspecified atom stereocenters. The average Bonchev–Trinajstić information content (AvgIpc) is 3.58. The Morgan fingerprint density at radius 3 is 2.26 bits per heavy atom. The largest absolute Gasteiger partial charge is 0.369 e. The molecule has 0 bridgehead atoms. The fraction of sp³-hybridized carbons (Fsp3) is 0.375. The van der Waals surface area contributed by atoms with Gasteiger partial charge in [0.05, 0.1) is 17.8 Å². The topological polar surface area (TPSA) is 81.8 Å². The van der Waals surface area contributed by atoms with Crippen LogP contribution in [0.3, 0.4) is 0 Å². The third-order valence-corrected chi connectivity index (χ3v) is 5.74.